The van der Waals surface area contributed by atoms with Crippen LogP contribution in [0.2, 0.25) is 0 Å². The quantitative estimate of drug-likeness (QED) is 0.442. The van der Waals surface area contributed by atoms with Crippen molar-refractivity contribution in [3.05, 3.63) is 82.9 Å². The van der Waals surface area contributed by atoms with E-state index in [-0.39, 0.29) is 17.4 Å². The maximum absolute atomic E-state index is 14.5. The minimum atomic E-state index is -0.475. The first-order valence-corrected chi connectivity index (χ1v) is 12.9. The Morgan fingerprint density at radius 3 is 2.32 bits per heavy atom. The van der Waals surface area contributed by atoms with E-state index < -0.39 is 5.82 Å². The summed E-state index contributed by atoms with van der Waals surface area (Å²) < 4.78 is 14.5. The number of carbonyl (C=O) groups is 2. The Morgan fingerprint density at radius 2 is 1.65 bits per heavy atom. The van der Waals surface area contributed by atoms with Gasteiger partial charge in [0.2, 0.25) is 11.9 Å². The molecule has 8 heteroatoms. The zero-order valence-electron chi connectivity index (χ0n) is 21.1. The number of hydrogen-bond donors (Lipinski definition) is 1. The molecule has 1 aromatic heterocycles. The van der Waals surface area contributed by atoms with Gasteiger partial charge in [0.15, 0.2) is 11.6 Å². The van der Waals surface area contributed by atoms with E-state index in [0.717, 1.165) is 55.8 Å². The highest BCUT2D eigenvalue weighted by Crippen LogP contribution is 2.33. The fourth-order valence-corrected chi connectivity index (χ4v) is 4.47. The second-order valence-electron chi connectivity index (χ2n) is 10.1. The van der Waals surface area contributed by atoms with E-state index in [2.05, 4.69) is 27.2 Å². The van der Waals surface area contributed by atoms with Crippen LogP contribution in [0.1, 0.15) is 46.4 Å². The standard InChI is InChI=1S/C29H32FN5O2/c1-34-12-14-35(15-13-34)28(37)18-22-6-10-24(11-7-22)32-29-31-19-25(30)26(33-29)16-20-4-8-23(9-5-20)27(36)17-21-2-3-21/h4-11,19,21H,2-3,12-18H2,1H3,(H,31,32,33). The molecule has 1 saturated carbocycles. The van der Waals surface area contributed by atoms with Crippen molar-refractivity contribution in [1.82, 2.24) is 19.8 Å². The molecular weight excluding hydrogens is 469 g/mol. The van der Waals surface area contributed by atoms with Crippen molar-refractivity contribution in [2.24, 2.45) is 5.92 Å². The Hall–Kier alpha value is -3.65. The summed E-state index contributed by atoms with van der Waals surface area (Å²) in [7, 11) is 2.07. The highest BCUT2D eigenvalue weighted by Gasteiger charge is 2.25. The molecule has 2 aromatic carbocycles. The lowest BCUT2D eigenvalue weighted by molar-refractivity contribution is -0.132. The number of likely N-dealkylation sites (N-methyl/N-ethyl adjacent to an activating group) is 1. The number of carbonyl (C=O) groups excluding carboxylic acids is 2. The average Bonchev–Trinajstić information content (AvgIpc) is 3.72. The molecule has 0 unspecified atom stereocenters. The number of anilines is 2. The zero-order valence-corrected chi connectivity index (χ0v) is 21.1. The van der Waals surface area contributed by atoms with Crippen molar-refractivity contribution in [1.29, 1.82) is 0 Å². The molecule has 0 atom stereocenters. The minimum absolute atomic E-state index is 0.139. The summed E-state index contributed by atoms with van der Waals surface area (Å²) in [5.41, 5.74) is 3.56. The van der Waals surface area contributed by atoms with Crippen LogP contribution < -0.4 is 5.32 Å². The molecule has 192 valence electrons. The number of benzene rings is 2. The number of ketones is 1. The third kappa shape index (κ3) is 6.77. The van der Waals surface area contributed by atoms with Gasteiger partial charge in [-0.05, 0) is 49.1 Å². The van der Waals surface area contributed by atoms with Gasteiger partial charge in [0.05, 0.1) is 18.3 Å². The Morgan fingerprint density at radius 1 is 0.973 bits per heavy atom. The number of halogens is 1. The topological polar surface area (TPSA) is 78.4 Å². The molecule has 2 aliphatic rings. The fraction of sp³-hybridized carbons (Fsp3) is 0.379. The van der Waals surface area contributed by atoms with Crippen molar-refractivity contribution < 1.29 is 14.0 Å². The number of hydrogen-bond acceptors (Lipinski definition) is 6. The molecule has 1 saturated heterocycles. The molecule has 0 radical (unpaired) electrons. The van der Waals surface area contributed by atoms with Gasteiger partial charge in [-0.15, -0.1) is 0 Å². The van der Waals surface area contributed by atoms with E-state index in [1.165, 1.54) is 6.20 Å². The minimum Gasteiger partial charge on any atom is -0.340 e. The van der Waals surface area contributed by atoms with Gasteiger partial charge >= 0.3 is 0 Å². The van der Waals surface area contributed by atoms with Gasteiger partial charge in [-0.1, -0.05) is 36.4 Å². The van der Waals surface area contributed by atoms with Crippen molar-refractivity contribution in [3.63, 3.8) is 0 Å². The van der Waals surface area contributed by atoms with Crippen molar-refractivity contribution in [3.8, 4) is 0 Å². The molecule has 1 amide bonds. The van der Waals surface area contributed by atoms with Crippen molar-refractivity contribution >= 4 is 23.3 Å². The van der Waals surface area contributed by atoms with Crippen LogP contribution in [0.3, 0.4) is 0 Å². The van der Waals surface area contributed by atoms with Gasteiger partial charge in [0, 0.05) is 50.3 Å². The van der Waals surface area contributed by atoms with Crippen LogP contribution >= 0.6 is 0 Å². The summed E-state index contributed by atoms with van der Waals surface area (Å²) in [4.78, 5) is 37.5. The molecule has 2 heterocycles. The predicted molar refractivity (Wildman–Crippen MR) is 140 cm³/mol. The summed E-state index contributed by atoms with van der Waals surface area (Å²) in [5, 5.41) is 3.12. The zero-order chi connectivity index (χ0) is 25.8. The summed E-state index contributed by atoms with van der Waals surface area (Å²) >= 11 is 0. The number of Topliss-reactive ketones (excluding diaryl/α,β-unsaturated/α-hetero) is 1. The van der Waals surface area contributed by atoms with Crippen molar-refractivity contribution in [2.75, 3.05) is 38.5 Å². The van der Waals surface area contributed by atoms with E-state index >= 15 is 0 Å². The largest absolute Gasteiger partial charge is 0.340 e. The lowest BCUT2D eigenvalue weighted by Gasteiger charge is -2.32. The van der Waals surface area contributed by atoms with Gasteiger partial charge in [-0.3, -0.25) is 9.59 Å². The van der Waals surface area contributed by atoms with Crippen LogP contribution in [0.15, 0.2) is 54.7 Å². The Kier molecular flexibility index (Phi) is 7.55. The van der Waals surface area contributed by atoms with E-state index in [9.17, 15) is 14.0 Å². The van der Waals surface area contributed by atoms with Crippen LogP contribution in [0, 0.1) is 11.7 Å². The molecule has 1 aliphatic heterocycles. The molecule has 0 spiro atoms. The summed E-state index contributed by atoms with van der Waals surface area (Å²) in [6.45, 7) is 3.34. The normalized spacial score (nSPS) is 16.0. The molecule has 37 heavy (non-hydrogen) atoms. The number of amides is 1. The van der Waals surface area contributed by atoms with Crippen LogP contribution in [-0.4, -0.2) is 64.7 Å². The van der Waals surface area contributed by atoms with Crippen LogP contribution in [0.25, 0.3) is 0 Å². The van der Waals surface area contributed by atoms with Crippen LogP contribution in [0.4, 0.5) is 16.0 Å². The number of piperazine rings is 1. The number of nitrogens with zero attached hydrogens (tertiary/aromatic N) is 4. The second-order valence-corrected chi connectivity index (χ2v) is 10.1. The van der Waals surface area contributed by atoms with Gasteiger partial charge in [-0.2, -0.15) is 0 Å². The van der Waals surface area contributed by atoms with Gasteiger partial charge in [0.1, 0.15) is 0 Å². The van der Waals surface area contributed by atoms with Gasteiger partial charge < -0.3 is 15.1 Å². The predicted octanol–water partition coefficient (Wildman–Crippen LogP) is 4.25. The molecule has 1 N–H and O–H groups in total. The van der Waals surface area contributed by atoms with Crippen molar-refractivity contribution in [2.45, 2.75) is 32.1 Å². The second kappa shape index (κ2) is 11.2. The third-order valence-corrected chi connectivity index (χ3v) is 7.06. The average molecular weight is 502 g/mol. The van der Waals surface area contributed by atoms with Gasteiger partial charge in [0.25, 0.3) is 0 Å². The first-order valence-electron chi connectivity index (χ1n) is 12.9. The maximum Gasteiger partial charge on any atom is 0.227 e. The molecule has 7 nitrogen and oxygen atoms in total. The maximum atomic E-state index is 14.5. The van der Waals surface area contributed by atoms with E-state index in [0.29, 0.717) is 36.7 Å². The molecule has 2 fully saturated rings. The van der Waals surface area contributed by atoms with E-state index in [1.807, 2.05) is 53.4 Å². The first kappa shape index (κ1) is 25.0. The van der Waals surface area contributed by atoms with Gasteiger partial charge in [-0.25, -0.2) is 14.4 Å². The third-order valence-electron chi connectivity index (χ3n) is 7.06. The lowest BCUT2D eigenvalue weighted by Crippen LogP contribution is -2.47. The van der Waals surface area contributed by atoms with E-state index in [1.54, 1.807) is 0 Å². The molecule has 0 bridgehead atoms. The molecule has 1 aliphatic carbocycles. The Balaban J connectivity index is 1.18. The van der Waals surface area contributed by atoms with E-state index in [4.69, 9.17) is 0 Å². The lowest BCUT2D eigenvalue weighted by atomic mass is 10.0. The highest BCUT2D eigenvalue weighted by atomic mass is 19.1. The number of nitrogens with one attached hydrogen (secondary N) is 1. The fourth-order valence-electron chi connectivity index (χ4n) is 4.47. The molecule has 5 rings (SSSR count). The Labute approximate surface area is 216 Å². The first-order chi connectivity index (χ1) is 17.9. The summed E-state index contributed by atoms with van der Waals surface area (Å²) in [6.07, 6.45) is 4.74. The summed E-state index contributed by atoms with van der Waals surface area (Å²) in [6, 6.07) is 14.9. The molecular formula is C29H32FN5O2. The highest BCUT2D eigenvalue weighted by molar-refractivity contribution is 5.96. The van der Waals surface area contributed by atoms with Crippen LogP contribution in [-0.2, 0) is 17.6 Å². The monoisotopic (exact) mass is 501 g/mol. The SMILES string of the molecule is CN1CCN(C(=O)Cc2ccc(Nc3ncc(F)c(Cc4ccc(C(=O)CC5CC5)cc4)n3)cc2)CC1. The van der Waals surface area contributed by atoms with Crippen LogP contribution in [0.5, 0.6) is 0 Å². The smallest absolute Gasteiger partial charge is 0.227 e. The Bertz CT molecular complexity index is 1250. The number of rotatable bonds is 9. The summed E-state index contributed by atoms with van der Waals surface area (Å²) in [5.74, 6) is 0.684. The molecule has 3 aromatic rings. The number of aromatic nitrogens is 2.